The fourth-order valence-electron chi connectivity index (χ4n) is 3.01. The van der Waals surface area contributed by atoms with Crippen molar-refractivity contribution in [3.63, 3.8) is 0 Å². The van der Waals surface area contributed by atoms with Crippen LogP contribution in [0.4, 0.5) is 0 Å². The third-order valence-electron chi connectivity index (χ3n) is 4.58. The molecule has 0 spiro atoms. The van der Waals surface area contributed by atoms with Gasteiger partial charge in [-0.2, -0.15) is 0 Å². The number of sulfonamides is 1. The smallest absolute Gasteiger partial charge is 0.220 e. The van der Waals surface area contributed by atoms with Crippen molar-refractivity contribution in [3.8, 4) is 0 Å². The number of carbonyl (C=O) groups is 1. The van der Waals surface area contributed by atoms with E-state index in [1.165, 1.54) is 7.11 Å². The molecule has 1 aliphatic carbocycles. The highest BCUT2D eigenvalue weighted by atomic mass is 32.2. The molecular weight excluding hydrogens is 280 g/mol. The van der Waals surface area contributed by atoms with E-state index in [1.807, 2.05) is 6.92 Å². The summed E-state index contributed by atoms with van der Waals surface area (Å²) in [6.07, 6.45) is 2.01. The molecule has 1 saturated heterocycles. The van der Waals surface area contributed by atoms with Crippen molar-refractivity contribution in [3.05, 3.63) is 0 Å². The molecule has 1 N–H and O–H groups in total. The summed E-state index contributed by atoms with van der Waals surface area (Å²) in [5.74, 6) is 0.190. The van der Waals surface area contributed by atoms with Gasteiger partial charge in [0.15, 0.2) is 0 Å². The molecule has 6 nitrogen and oxygen atoms in total. The number of hydrogen-bond acceptors (Lipinski definition) is 4. The molecule has 2 atom stereocenters. The first-order valence-electron chi connectivity index (χ1n) is 7.09. The molecule has 20 heavy (non-hydrogen) atoms. The van der Waals surface area contributed by atoms with E-state index >= 15 is 0 Å². The van der Waals surface area contributed by atoms with Crippen molar-refractivity contribution >= 4 is 15.9 Å². The monoisotopic (exact) mass is 304 g/mol. The van der Waals surface area contributed by atoms with Crippen molar-refractivity contribution in [2.45, 2.75) is 43.9 Å². The number of rotatable bonds is 5. The molecule has 1 heterocycles. The molecule has 1 saturated carbocycles. The van der Waals surface area contributed by atoms with Crippen molar-refractivity contribution in [1.82, 2.24) is 9.62 Å². The number of amides is 1. The Kier molecular flexibility index (Phi) is 4.41. The second-order valence-electron chi connectivity index (χ2n) is 6.00. The Morgan fingerprint density at radius 2 is 1.95 bits per heavy atom. The Morgan fingerprint density at radius 3 is 2.35 bits per heavy atom. The zero-order valence-electron chi connectivity index (χ0n) is 12.4. The molecule has 2 aliphatic rings. The number of hydrogen-bond donors (Lipinski definition) is 1. The van der Waals surface area contributed by atoms with Crippen LogP contribution in [0.3, 0.4) is 0 Å². The lowest BCUT2D eigenvalue weighted by Gasteiger charge is -2.32. The predicted octanol–water partition coefficient (Wildman–Crippen LogP) is 0.342. The van der Waals surface area contributed by atoms with Crippen LogP contribution in [0.5, 0.6) is 0 Å². The second kappa shape index (κ2) is 5.61. The Balaban J connectivity index is 1.95. The molecule has 2 fully saturated rings. The van der Waals surface area contributed by atoms with Gasteiger partial charge in [-0.1, -0.05) is 6.92 Å². The van der Waals surface area contributed by atoms with Crippen LogP contribution in [-0.4, -0.2) is 56.8 Å². The van der Waals surface area contributed by atoms with Gasteiger partial charge in [0.2, 0.25) is 15.9 Å². The number of likely N-dealkylation sites (tertiary alicyclic amines) is 1. The van der Waals surface area contributed by atoms with Gasteiger partial charge in [-0.3, -0.25) is 4.79 Å². The first-order valence-corrected chi connectivity index (χ1v) is 8.57. The topological polar surface area (TPSA) is 75.7 Å². The predicted molar refractivity (Wildman–Crippen MR) is 75.7 cm³/mol. The molecule has 116 valence electrons. The highest BCUT2D eigenvalue weighted by molar-refractivity contribution is 7.91. The summed E-state index contributed by atoms with van der Waals surface area (Å²) in [6, 6.07) is -0.0721. The Hall–Kier alpha value is -0.660. The number of carbonyl (C=O) groups excluding carboxylic acids is 1. The van der Waals surface area contributed by atoms with Crippen molar-refractivity contribution in [1.29, 1.82) is 0 Å². The van der Waals surface area contributed by atoms with Gasteiger partial charge in [0.05, 0.1) is 6.61 Å². The summed E-state index contributed by atoms with van der Waals surface area (Å²) in [6.45, 7) is 4.97. The highest BCUT2D eigenvalue weighted by Gasteiger charge is 2.61. The summed E-state index contributed by atoms with van der Waals surface area (Å²) in [7, 11) is -1.84. The van der Waals surface area contributed by atoms with Gasteiger partial charge in [-0.25, -0.2) is 13.1 Å². The Labute approximate surface area is 120 Å². The standard InChI is InChI=1S/C13H24N2O4S/c1-10-8-13(10,9-19-3)20(17,18)14-12-4-6-15(7-5-12)11(2)16/h10,12,14H,4-9H2,1-3H3/t10-,13+/m0/s1. The van der Waals surface area contributed by atoms with Gasteiger partial charge in [-0.05, 0) is 25.2 Å². The van der Waals surface area contributed by atoms with Crippen LogP contribution < -0.4 is 4.72 Å². The van der Waals surface area contributed by atoms with Crippen LogP contribution in [0.1, 0.15) is 33.1 Å². The zero-order chi connectivity index (χ0) is 15.0. The molecule has 1 aliphatic heterocycles. The van der Waals surface area contributed by atoms with E-state index in [1.54, 1.807) is 11.8 Å². The van der Waals surface area contributed by atoms with E-state index < -0.39 is 14.8 Å². The molecule has 0 bridgehead atoms. The van der Waals surface area contributed by atoms with Crippen LogP contribution in [0.15, 0.2) is 0 Å². The number of nitrogens with one attached hydrogen (secondary N) is 1. The van der Waals surface area contributed by atoms with Crippen LogP contribution >= 0.6 is 0 Å². The van der Waals surface area contributed by atoms with Gasteiger partial charge in [0.1, 0.15) is 4.75 Å². The lowest BCUT2D eigenvalue weighted by Crippen LogP contribution is -2.50. The van der Waals surface area contributed by atoms with Gasteiger partial charge in [0, 0.05) is 33.2 Å². The zero-order valence-corrected chi connectivity index (χ0v) is 13.2. The normalized spacial score (nSPS) is 31.4. The second-order valence-corrected chi connectivity index (χ2v) is 8.06. The molecule has 0 radical (unpaired) electrons. The quantitative estimate of drug-likeness (QED) is 0.795. The first-order chi connectivity index (χ1) is 9.32. The van der Waals surface area contributed by atoms with Gasteiger partial charge in [-0.15, -0.1) is 0 Å². The molecule has 0 unspecified atom stereocenters. The molecule has 7 heteroatoms. The van der Waals surface area contributed by atoms with E-state index in [9.17, 15) is 13.2 Å². The molecule has 0 aromatic carbocycles. The third-order valence-corrected chi connectivity index (χ3v) is 6.98. The fourth-order valence-corrected chi connectivity index (χ4v) is 5.19. The van der Waals surface area contributed by atoms with Gasteiger partial charge >= 0.3 is 0 Å². The van der Waals surface area contributed by atoms with E-state index in [4.69, 9.17) is 4.74 Å². The molecule has 0 aromatic rings. The van der Waals surface area contributed by atoms with Crippen molar-refractivity contribution in [2.24, 2.45) is 5.92 Å². The van der Waals surface area contributed by atoms with Crippen LogP contribution in [0, 0.1) is 5.92 Å². The highest BCUT2D eigenvalue weighted by Crippen LogP contribution is 2.49. The summed E-state index contributed by atoms with van der Waals surface area (Å²) in [4.78, 5) is 13.0. The number of methoxy groups -OCH3 is 1. The minimum absolute atomic E-state index is 0.0537. The Bertz CT molecular complexity index is 471. The maximum absolute atomic E-state index is 12.5. The summed E-state index contributed by atoms with van der Waals surface area (Å²) in [5.41, 5.74) is 0. The van der Waals surface area contributed by atoms with Crippen LogP contribution in [0.25, 0.3) is 0 Å². The van der Waals surface area contributed by atoms with E-state index in [0.717, 1.165) is 0 Å². The van der Waals surface area contributed by atoms with E-state index in [0.29, 0.717) is 32.4 Å². The molecule has 1 amide bonds. The average molecular weight is 304 g/mol. The SMILES string of the molecule is COC[C@]1(S(=O)(=O)NC2CCN(C(C)=O)CC2)C[C@@H]1C. The van der Waals surface area contributed by atoms with Crippen LogP contribution in [0.2, 0.25) is 0 Å². The van der Waals surface area contributed by atoms with Gasteiger partial charge in [0.25, 0.3) is 0 Å². The summed E-state index contributed by atoms with van der Waals surface area (Å²) in [5, 5.41) is 0. The maximum Gasteiger partial charge on any atom is 0.220 e. The Morgan fingerprint density at radius 1 is 1.40 bits per heavy atom. The van der Waals surface area contributed by atoms with Crippen molar-refractivity contribution < 1.29 is 17.9 Å². The third kappa shape index (κ3) is 2.84. The number of ether oxygens (including phenoxy) is 1. The molecular formula is C13H24N2O4S. The largest absolute Gasteiger partial charge is 0.383 e. The van der Waals surface area contributed by atoms with Crippen molar-refractivity contribution in [2.75, 3.05) is 26.8 Å². The fraction of sp³-hybridized carbons (Fsp3) is 0.923. The minimum Gasteiger partial charge on any atom is -0.383 e. The molecule has 2 rings (SSSR count). The van der Waals surface area contributed by atoms with Crippen LogP contribution in [-0.2, 0) is 19.6 Å². The maximum atomic E-state index is 12.5. The molecule has 0 aromatic heterocycles. The van der Waals surface area contributed by atoms with E-state index in [2.05, 4.69) is 4.72 Å². The lowest BCUT2D eigenvalue weighted by atomic mass is 10.1. The summed E-state index contributed by atoms with van der Waals surface area (Å²) < 4.78 is 32.2. The first kappa shape index (κ1) is 15.7. The number of nitrogens with zero attached hydrogens (tertiary/aromatic N) is 1. The summed E-state index contributed by atoms with van der Waals surface area (Å²) >= 11 is 0. The van der Waals surface area contributed by atoms with E-state index in [-0.39, 0.29) is 24.5 Å². The average Bonchev–Trinajstić information content (AvgIpc) is 3.02. The number of piperidine rings is 1. The van der Waals surface area contributed by atoms with Gasteiger partial charge < -0.3 is 9.64 Å². The minimum atomic E-state index is -3.38. The lowest BCUT2D eigenvalue weighted by molar-refractivity contribution is -0.129.